The maximum absolute atomic E-state index is 5.77. The summed E-state index contributed by atoms with van der Waals surface area (Å²) in [6.45, 7) is 2.10. The standard InChI is InChI=1S/C9H10ClN5/c10-9-11-5-7-8(13-9)15(6-12-7)14-3-1-2-4-14/h5-6H,1-4H2. The van der Waals surface area contributed by atoms with Gasteiger partial charge in [0.15, 0.2) is 5.65 Å². The van der Waals surface area contributed by atoms with E-state index in [9.17, 15) is 0 Å². The van der Waals surface area contributed by atoms with Crippen LogP contribution in [0.4, 0.5) is 0 Å². The van der Waals surface area contributed by atoms with Crippen molar-refractivity contribution in [2.45, 2.75) is 12.8 Å². The molecule has 15 heavy (non-hydrogen) atoms. The zero-order chi connectivity index (χ0) is 10.3. The summed E-state index contributed by atoms with van der Waals surface area (Å²) in [5, 5.41) is 2.49. The number of halogens is 1. The molecule has 3 rings (SSSR count). The average Bonchev–Trinajstić information content (AvgIpc) is 2.83. The maximum atomic E-state index is 5.77. The Balaban J connectivity index is 2.13. The van der Waals surface area contributed by atoms with Gasteiger partial charge in [0.05, 0.1) is 6.20 Å². The molecule has 0 unspecified atom stereocenters. The Morgan fingerprint density at radius 1 is 1.20 bits per heavy atom. The maximum Gasteiger partial charge on any atom is 0.224 e. The zero-order valence-corrected chi connectivity index (χ0v) is 8.85. The van der Waals surface area contributed by atoms with E-state index in [1.807, 2.05) is 4.68 Å². The minimum atomic E-state index is 0.267. The molecule has 2 aromatic rings. The normalized spacial score (nSPS) is 16.5. The summed E-state index contributed by atoms with van der Waals surface area (Å²) in [4.78, 5) is 12.3. The third-order valence-electron chi connectivity index (χ3n) is 2.63. The van der Waals surface area contributed by atoms with Crippen molar-refractivity contribution in [2.24, 2.45) is 0 Å². The van der Waals surface area contributed by atoms with Crippen LogP contribution < -0.4 is 5.01 Å². The Labute approximate surface area is 91.7 Å². The third kappa shape index (κ3) is 1.43. The third-order valence-corrected chi connectivity index (χ3v) is 2.81. The van der Waals surface area contributed by atoms with E-state index in [0.29, 0.717) is 0 Å². The highest BCUT2D eigenvalue weighted by Gasteiger charge is 2.15. The van der Waals surface area contributed by atoms with E-state index in [0.717, 1.165) is 24.3 Å². The fourth-order valence-electron chi connectivity index (χ4n) is 1.90. The molecule has 0 radical (unpaired) electrons. The van der Waals surface area contributed by atoms with E-state index in [1.54, 1.807) is 12.5 Å². The lowest BCUT2D eigenvalue weighted by atomic mass is 10.4. The van der Waals surface area contributed by atoms with Crippen LogP contribution in [0.5, 0.6) is 0 Å². The topological polar surface area (TPSA) is 46.8 Å². The molecule has 1 aliphatic heterocycles. The Morgan fingerprint density at radius 2 is 2.00 bits per heavy atom. The van der Waals surface area contributed by atoms with Gasteiger partial charge >= 0.3 is 0 Å². The van der Waals surface area contributed by atoms with Gasteiger partial charge in [-0.1, -0.05) is 0 Å². The predicted molar refractivity (Wildman–Crippen MR) is 57.5 cm³/mol. The summed E-state index contributed by atoms with van der Waals surface area (Å²) in [7, 11) is 0. The monoisotopic (exact) mass is 223 g/mol. The molecule has 2 aromatic heterocycles. The van der Waals surface area contributed by atoms with Crippen molar-refractivity contribution >= 4 is 22.8 Å². The lowest BCUT2D eigenvalue weighted by molar-refractivity contribution is 0.676. The van der Waals surface area contributed by atoms with Crippen LogP contribution >= 0.6 is 11.6 Å². The van der Waals surface area contributed by atoms with Gasteiger partial charge in [0.25, 0.3) is 0 Å². The highest BCUT2D eigenvalue weighted by atomic mass is 35.5. The van der Waals surface area contributed by atoms with Gasteiger partial charge in [-0.15, -0.1) is 0 Å². The fourth-order valence-corrected chi connectivity index (χ4v) is 2.03. The van der Waals surface area contributed by atoms with Crippen molar-refractivity contribution in [1.29, 1.82) is 0 Å². The molecule has 3 heterocycles. The van der Waals surface area contributed by atoms with E-state index < -0.39 is 0 Å². The van der Waals surface area contributed by atoms with Gasteiger partial charge in [-0.2, -0.15) is 4.98 Å². The summed E-state index contributed by atoms with van der Waals surface area (Å²) in [6, 6.07) is 0. The van der Waals surface area contributed by atoms with Gasteiger partial charge in [-0.3, -0.25) is 0 Å². The average molecular weight is 224 g/mol. The molecule has 6 heteroatoms. The zero-order valence-electron chi connectivity index (χ0n) is 8.10. The first-order valence-corrected chi connectivity index (χ1v) is 5.33. The minimum Gasteiger partial charge on any atom is -0.310 e. The number of aromatic nitrogens is 4. The van der Waals surface area contributed by atoms with Crippen LogP contribution in [0.2, 0.25) is 5.28 Å². The first-order valence-electron chi connectivity index (χ1n) is 4.95. The Kier molecular flexibility index (Phi) is 1.98. The van der Waals surface area contributed by atoms with Crippen molar-refractivity contribution < 1.29 is 0 Å². The van der Waals surface area contributed by atoms with Crippen LogP contribution in [0, 0.1) is 0 Å². The van der Waals surface area contributed by atoms with Crippen molar-refractivity contribution in [2.75, 3.05) is 18.1 Å². The van der Waals surface area contributed by atoms with Crippen molar-refractivity contribution in [3.05, 3.63) is 17.8 Å². The van der Waals surface area contributed by atoms with Crippen LogP contribution in [0.1, 0.15) is 12.8 Å². The molecule has 0 N–H and O–H groups in total. The molecule has 0 amide bonds. The highest BCUT2D eigenvalue weighted by molar-refractivity contribution is 6.28. The number of rotatable bonds is 1. The molecule has 5 nitrogen and oxygen atoms in total. The SMILES string of the molecule is Clc1ncc2ncn(N3CCCC3)c2n1. The summed E-state index contributed by atoms with van der Waals surface area (Å²) >= 11 is 5.77. The Hall–Kier alpha value is -1.36. The minimum absolute atomic E-state index is 0.267. The van der Waals surface area contributed by atoms with Gasteiger partial charge in [-0.25, -0.2) is 14.6 Å². The molecular formula is C9H10ClN5. The summed E-state index contributed by atoms with van der Waals surface area (Å²) in [5.41, 5.74) is 1.57. The van der Waals surface area contributed by atoms with Crippen molar-refractivity contribution in [3.63, 3.8) is 0 Å². The van der Waals surface area contributed by atoms with E-state index in [-0.39, 0.29) is 5.28 Å². The fraction of sp³-hybridized carbons (Fsp3) is 0.444. The second-order valence-corrected chi connectivity index (χ2v) is 3.94. The quantitative estimate of drug-likeness (QED) is 0.682. The Bertz CT molecular complexity index is 488. The molecular weight excluding hydrogens is 214 g/mol. The summed E-state index contributed by atoms with van der Waals surface area (Å²) < 4.78 is 1.97. The molecule has 0 saturated carbocycles. The molecule has 0 aromatic carbocycles. The molecule has 1 saturated heterocycles. The van der Waals surface area contributed by atoms with Gasteiger partial charge < -0.3 is 5.01 Å². The second-order valence-electron chi connectivity index (χ2n) is 3.60. The van der Waals surface area contributed by atoms with Crippen molar-refractivity contribution in [3.8, 4) is 0 Å². The number of imidazole rings is 1. The van der Waals surface area contributed by atoms with E-state index in [4.69, 9.17) is 11.6 Å². The van der Waals surface area contributed by atoms with Crippen LogP contribution in [0.25, 0.3) is 11.2 Å². The smallest absolute Gasteiger partial charge is 0.224 e. The molecule has 1 fully saturated rings. The molecule has 0 atom stereocenters. The number of fused-ring (bicyclic) bond motifs is 1. The number of hydrogen-bond acceptors (Lipinski definition) is 4. The van der Waals surface area contributed by atoms with E-state index >= 15 is 0 Å². The predicted octanol–water partition coefficient (Wildman–Crippen LogP) is 1.21. The second kappa shape index (κ2) is 3.34. The van der Waals surface area contributed by atoms with Crippen LogP contribution in [0.3, 0.4) is 0 Å². The summed E-state index contributed by atoms with van der Waals surface area (Å²) in [5.74, 6) is 0. The van der Waals surface area contributed by atoms with Gasteiger partial charge in [0.1, 0.15) is 11.8 Å². The van der Waals surface area contributed by atoms with E-state index in [2.05, 4.69) is 20.0 Å². The van der Waals surface area contributed by atoms with Crippen LogP contribution in [-0.2, 0) is 0 Å². The number of nitrogens with zero attached hydrogens (tertiary/aromatic N) is 5. The molecule has 0 aliphatic carbocycles. The molecule has 0 bridgehead atoms. The lowest BCUT2D eigenvalue weighted by Gasteiger charge is -2.18. The van der Waals surface area contributed by atoms with E-state index in [1.165, 1.54) is 12.8 Å². The first-order chi connectivity index (χ1) is 7.34. The number of hydrogen-bond donors (Lipinski definition) is 0. The van der Waals surface area contributed by atoms with Crippen LogP contribution in [0.15, 0.2) is 12.5 Å². The summed E-state index contributed by atoms with van der Waals surface area (Å²) in [6.07, 6.45) is 5.87. The Morgan fingerprint density at radius 3 is 2.80 bits per heavy atom. The van der Waals surface area contributed by atoms with Crippen LogP contribution in [-0.4, -0.2) is 32.7 Å². The molecule has 78 valence electrons. The molecule has 1 aliphatic rings. The first kappa shape index (κ1) is 8.91. The lowest BCUT2D eigenvalue weighted by Crippen LogP contribution is -2.30. The van der Waals surface area contributed by atoms with Gasteiger partial charge in [-0.05, 0) is 24.4 Å². The van der Waals surface area contributed by atoms with Gasteiger partial charge in [0.2, 0.25) is 5.28 Å². The van der Waals surface area contributed by atoms with Gasteiger partial charge in [0, 0.05) is 13.1 Å². The highest BCUT2D eigenvalue weighted by Crippen LogP contribution is 2.14. The van der Waals surface area contributed by atoms with Crippen molar-refractivity contribution in [1.82, 2.24) is 19.6 Å². The largest absolute Gasteiger partial charge is 0.310 e. The molecule has 0 spiro atoms.